The van der Waals surface area contributed by atoms with Crippen LogP contribution in [0.4, 0.5) is 0 Å². The van der Waals surface area contributed by atoms with Gasteiger partial charge in [0.25, 0.3) is 5.91 Å². The number of furan rings is 1. The number of rotatable bonds is 2. The number of aromatic nitrogens is 3. The summed E-state index contributed by atoms with van der Waals surface area (Å²) in [6.45, 7) is 5.21. The highest BCUT2D eigenvalue weighted by atomic mass is 16.3. The number of carbonyl (C=O) groups is 1. The fraction of sp³-hybridized carbons (Fsp3) is 0.667. The molecule has 0 aromatic carbocycles. The Labute approximate surface area is 165 Å². The number of hydrogen-bond acceptors (Lipinski definition) is 5. The molecule has 0 spiro atoms. The van der Waals surface area contributed by atoms with E-state index in [1.54, 1.807) is 0 Å². The van der Waals surface area contributed by atoms with Gasteiger partial charge in [0.05, 0.1) is 11.6 Å². The second-order valence-corrected chi connectivity index (χ2v) is 8.45. The predicted molar refractivity (Wildman–Crippen MR) is 104 cm³/mol. The summed E-state index contributed by atoms with van der Waals surface area (Å²) in [5.41, 5.74) is 1.98. The molecule has 0 saturated carbocycles. The van der Waals surface area contributed by atoms with Crippen LogP contribution in [0.5, 0.6) is 0 Å². The number of aryl methyl sites for hydroxylation is 2. The van der Waals surface area contributed by atoms with Crippen LogP contribution in [-0.4, -0.2) is 57.2 Å². The molecule has 7 nitrogen and oxygen atoms in total. The fourth-order valence-corrected chi connectivity index (χ4v) is 5.17. The molecule has 0 radical (unpaired) electrons. The summed E-state index contributed by atoms with van der Waals surface area (Å²) in [5, 5.41) is 8.99. The highest BCUT2D eigenvalue weighted by molar-refractivity contribution is 5.97. The van der Waals surface area contributed by atoms with Crippen molar-refractivity contribution in [2.45, 2.75) is 64.5 Å². The minimum Gasteiger partial charge on any atom is -0.465 e. The number of amides is 1. The van der Waals surface area contributed by atoms with Crippen molar-refractivity contribution in [3.8, 4) is 0 Å². The van der Waals surface area contributed by atoms with Crippen LogP contribution in [0.1, 0.15) is 70.8 Å². The summed E-state index contributed by atoms with van der Waals surface area (Å²) in [6, 6.07) is 0.353. The maximum absolute atomic E-state index is 13.4. The molecule has 28 heavy (non-hydrogen) atoms. The van der Waals surface area contributed by atoms with Gasteiger partial charge in [0, 0.05) is 38.0 Å². The summed E-state index contributed by atoms with van der Waals surface area (Å²) in [6.07, 6.45) is 7.33. The van der Waals surface area contributed by atoms with E-state index < -0.39 is 0 Å². The van der Waals surface area contributed by atoms with Crippen molar-refractivity contribution in [1.29, 1.82) is 0 Å². The number of nitrogens with zero attached hydrogens (tertiary/aromatic N) is 5. The largest absolute Gasteiger partial charge is 0.465 e. The van der Waals surface area contributed by atoms with Gasteiger partial charge >= 0.3 is 0 Å². The van der Waals surface area contributed by atoms with Gasteiger partial charge in [-0.1, -0.05) is 0 Å². The molecular formula is C21H29N5O2. The standard InChI is InChI=1S/C21H29N5O2/c1-14-19(15-6-3-4-8-17(15)28-14)21(27)25-11-9-18-22-23-20(26(18)13-12-25)16-7-5-10-24(16)2/h16H,3-13H2,1-2H3/t16-/m1/s1. The maximum atomic E-state index is 13.4. The van der Waals surface area contributed by atoms with Crippen LogP contribution in [0.15, 0.2) is 4.42 Å². The van der Waals surface area contributed by atoms with Gasteiger partial charge in [0.1, 0.15) is 23.2 Å². The highest BCUT2D eigenvalue weighted by Gasteiger charge is 2.32. The van der Waals surface area contributed by atoms with Crippen molar-refractivity contribution >= 4 is 5.91 Å². The lowest BCUT2D eigenvalue weighted by Gasteiger charge is -2.22. The molecule has 2 aromatic heterocycles. The number of likely N-dealkylation sites (tertiary alicyclic amines) is 1. The molecule has 2 aromatic rings. The summed E-state index contributed by atoms with van der Waals surface area (Å²) >= 11 is 0. The average molecular weight is 383 g/mol. The van der Waals surface area contributed by atoms with Crippen LogP contribution < -0.4 is 0 Å². The molecule has 1 saturated heterocycles. The minimum absolute atomic E-state index is 0.127. The Morgan fingerprint density at radius 1 is 1.04 bits per heavy atom. The van der Waals surface area contributed by atoms with Crippen LogP contribution in [0.2, 0.25) is 0 Å². The first-order valence-electron chi connectivity index (χ1n) is 10.7. The van der Waals surface area contributed by atoms with Crippen LogP contribution >= 0.6 is 0 Å². The van der Waals surface area contributed by atoms with Crippen molar-refractivity contribution in [3.63, 3.8) is 0 Å². The van der Waals surface area contributed by atoms with Crippen LogP contribution in [-0.2, 0) is 25.8 Å². The van der Waals surface area contributed by atoms with Gasteiger partial charge < -0.3 is 13.9 Å². The molecule has 0 N–H and O–H groups in total. The topological polar surface area (TPSA) is 67.4 Å². The van der Waals surface area contributed by atoms with Gasteiger partial charge in [-0.05, 0) is 52.6 Å². The Kier molecular flexibility index (Phi) is 4.50. The van der Waals surface area contributed by atoms with Crippen LogP contribution in [0.3, 0.4) is 0 Å². The van der Waals surface area contributed by atoms with Crippen molar-refractivity contribution in [3.05, 3.63) is 34.3 Å². The fourth-order valence-electron chi connectivity index (χ4n) is 5.17. The van der Waals surface area contributed by atoms with Crippen LogP contribution in [0.25, 0.3) is 0 Å². The molecular weight excluding hydrogens is 354 g/mol. The van der Waals surface area contributed by atoms with Crippen LogP contribution in [0, 0.1) is 6.92 Å². The maximum Gasteiger partial charge on any atom is 0.257 e. The summed E-state index contributed by atoms with van der Waals surface area (Å²) in [4.78, 5) is 17.7. The predicted octanol–water partition coefficient (Wildman–Crippen LogP) is 2.52. The monoisotopic (exact) mass is 383 g/mol. The van der Waals surface area contributed by atoms with E-state index in [2.05, 4.69) is 26.7 Å². The Morgan fingerprint density at radius 2 is 1.89 bits per heavy atom. The van der Waals surface area contributed by atoms with Gasteiger partial charge in [0.15, 0.2) is 0 Å². The van der Waals surface area contributed by atoms with Crippen molar-refractivity contribution in [1.82, 2.24) is 24.6 Å². The second-order valence-electron chi connectivity index (χ2n) is 8.45. The molecule has 4 heterocycles. The molecule has 150 valence electrons. The normalized spacial score (nSPS) is 22.8. The molecule has 1 aliphatic carbocycles. The third kappa shape index (κ3) is 2.87. The van der Waals surface area contributed by atoms with E-state index in [9.17, 15) is 4.79 Å². The molecule has 2 aliphatic heterocycles. The van der Waals surface area contributed by atoms with Crippen molar-refractivity contribution in [2.75, 3.05) is 26.7 Å². The van der Waals surface area contributed by atoms with E-state index in [-0.39, 0.29) is 5.91 Å². The second kappa shape index (κ2) is 7.03. The highest BCUT2D eigenvalue weighted by Crippen LogP contribution is 2.32. The molecule has 5 rings (SSSR count). The summed E-state index contributed by atoms with van der Waals surface area (Å²) < 4.78 is 8.21. The van der Waals surface area contributed by atoms with Gasteiger partial charge in [-0.3, -0.25) is 9.69 Å². The van der Waals surface area contributed by atoms with E-state index in [1.807, 2.05) is 11.8 Å². The smallest absolute Gasteiger partial charge is 0.257 e. The molecule has 1 fully saturated rings. The van der Waals surface area contributed by atoms with Gasteiger partial charge in [0.2, 0.25) is 0 Å². The zero-order valence-electron chi connectivity index (χ0n) is 16.9. The quantitative estimate of drug-likeness (QED) is 0.797. The first kappa shape index (κ1) is 17.9. The molecule has 1 amide bonds. The number of hydrogen-bond donors (Lipinski definition) is 0. The first-order valence-corrected chi connectivity index (χ1v) is 10.7. The number of carbonyl (C=O) groups excluding carboxylic acids is 1. The zero-order valence-corrected chi connectivity index (χ0v) is 16.9. The van der Waals surface area contributed by atoms with E-state index in [0.29, 0.717) is 19.1 Å². The summed E-state index contributed by atoms with van der Waals surface area (Å²) in [7, 11) is 2.16. The lowest BCUT2D eigenvalue weighted by Crippen LogP contribution is -2.34. The van der Waals surface area contributed by atoms with Gasteiger partial charge in [-0.15, -0.1) is 10.2 Å². The Morgan fingerprint density at radius 3 is 2.71 bits per heavy atom. The SMILES string of the molecule is Cc1oc2c(c1C(=O)N1CCc3nnc([C@H]4CCCN4C)n3CC1)CCCC2. The van der Waals surface area contributed by atoms with Crippen molar-refractivity contribution in [2.24, 2.45) is 0 Å². The number of fused-ring (bicyclic) bond motifs is 2. The zero-order chi connectivity index (χ0) is 19.3. The minimum atomic E-state index is 0.127. The molecule has 0 unspecified atom stereocenters. The third-order valence-corrected chi connectivity index (χ3v) is 6.72. The average Bonchev–Trinajstić information content (AvgIpc) is 3.33. The summed E-state index contributed by atoms with van der Waals surface area (Å²) in [5.74, 6) is 4.03. The van der Waals surface area contributed by atoms with Gasteiger partial charge in [-0.2, -0.15) is 0 Å². The van der Waals surface area contributed by atoms with E-state index in [0.717, 1.165) is 85.9 Å². The Balaban J connectivity index is 1.37. The molecule has 0 bridgehead atoms. The van der Waals surface area contributed by atoms with E-state index >= 15 is 0 Å². The molecule has 3 aliphatic rings. The Hall–Kier alpha value is -2.15. The molecule has 1 atom stereocenters. The van der Waals surface area contributed by atoms with E-state index in [1.165, 1.54) is 6.42 Å². The third-order valence-electron chi connectivity index (χ3n) is 6.72. The lowest BCUT2D eigenvalue weighted by atomic mass is 9.94. The first-order chi connectivity index (χ1) is 13.6. The van der Waals surface area contributed by atoms with Gasteiger partial charge in [-0.25, -0.2) is 0 Å². The lowest BCUT2D eigenvalue weighted by molar-refractivity contribution is 0.0755. The Bertz CT molecular complexity index is 899. The van der Waals surface area contributed by atoms with E-state index in [4.69, 9.17) is 4.42 Å². The van der Waals surface area contributed by atoms with Crippen molar-refractivity contribution < 1.29 is 9.21 Å². The molecule has 7 heteroatoms.